The number of ether oxygens (including phenoxy) is 2. The fraction of sp³-hybridized carbons (Fsp3) is 0.241. The Balaban J connectivity index is 1.70. The summed E-state index contributed by atoms with van der Waals surface area (Å²) in [6.45, 7) is 1.28. The molecule has 7 nitrogen and oxygen atoms in total. The third kappa shape index (κ3) is 5.79. The van der Waals surface area contributed by atoms with E-state index in [4.69, 9.17) is 21.1 Å². The lowest BCUT2D eigenvalue weighted by Crippen LogP contribution is -2.35. The van der Waals surface area contributed by atoms with Crippen LogP contribution in [0.5, 0.6) is 11.5 Å². The molecule has 0 bridgehead atoms. The van der Waals surface area contributed by atoms with Gasteiger partial charge in [-0.1, -0.05) is 54.1 Å². The average molecular weight is 521 g/mol. The minimum atomic E-state index is -0.759. The van der Waals surface area contributed by atoms with Crippen LogP contribution in [0.4, 0.5) is 0 Å². The molecule has 0 spiro atoms. The number of hydrogen-bond donors (Lipinski definition) is 1. The summed E-state index contributed by atoms with van der Waals surface area (Å²) in [7, 11) is 5.25. The second-order valence-electron chi connectivity index (χ2n) is 8.99. The van der Waals surface area contributed by atoms with Crippen molar-refractivity contribution in [1.29, 1.82) is 0 Å². The highest BCUT2D eigenvalue weighted by Gasteiger charge is 2.45. The molecule has 1 atom stereocenters. The van der Waals surface area contributed by atoms with Crippen LogP contribution in [-0.2, 0) is 16.2 Å². The van der Waals surface area contributed by atoms with Gasteiger partial charge in [0, 0.05) is 18.7 Å². The number of methoxy groups -OCH3 is 1. The average Bonchev–Trinajstić information content (AvgIpc) is 3.16. The lowest BCUT2D eigenvalue weighted by Gasteiger charge is -2.26. The number of halogens is 1. The Labute approximate surface area is 221 Å². The van der Waals surface area contributed by atoms with Gasteiger partial charge in [0.05, 0.1) is 23.7 Å². The maximum Gasteiger partial charge on any atom is 0.295 e. The summed E-state index contributed by atoms with van der Waals surface area (Å²) in [6, 6.07) is 21.0. The number of carbonyl (C=O) groups is 2. The summed E-state index contributed by atoms with van der Waals surface area (Å²) in [6.07, 6.45) is 0. The van der Waals surface area contributed by atoms with Crippen molar-refractivity contribution in [3.8, 4) is 11.5 Å². The molecule has 37 heavy (non-hydrogen) atoms. The van der Waals surface area contributed by atoms with E-state index in [0.717, 1.165) is 5.56 Å². The van der Waals surface area contributed by atoms with Gasteiger partial charge in [-0.2, -0.15) is 0 Å². The summed E-state index contributed by atoms with van der Waals surface area (Å²) < 4.78 is 11.2. The van der Waals surface area contributed by atoms with Crippen LogP contribution < -0.4 is 9.47 Å². The Morgan fingerprint density at radius 3 is 2.38 bits per heavy atom. The van der Waals surface area contributed by atoms with Gasteiger partial charge in [0.1, 0.15) is 23.9 Å². The molecule has 4 rings (SSSR count). The van der Waals surface area contributed by atoms with Gasteiger partial charge in [0.15, 0.2) is 0 Å². The highest BCUT2D eigenvalue weighted by Crippen LogP contribution is 2.40. The zero-order valence-electron chi connectivity index (χ0n) is 21.0. The van der Waals surface area contributed by atoms with Gasteiger partial charge >= 0.3 is 0 Å². The third-order valence-electron chi connectivity index (χ3n) is 6.20. The molecule has 192 valence electrons. The Hall–Kier alpha value is -3.81. The Morgan fingerprint density at radius 2 is 1.73 bits per heavy atom. The minimum Gasteiger partial charge on any atom is -0.507 e. The van der Waals surface area contributed by atoms with E-state index in [2.05, 4.69) is 0 Å². The number of likely N-dealkylation sites (tertiary alicyclic amines) is 1. The Kier molecular flexibility index (Phi) is 8.16. The van der Waals surface area contributed by atoms with Crippen LogP contribution in [-0.4, -0.2) is 60.9 Å². The maximum absolute atomic E-state index is 13.2. The topological polar surface area (TPSA) is 79.3 Å². The molecule has 1 fully saturated rings. The fourth-order valence-corrected chi connectivity index (χ4v) is 4.41. The maximum atomic E-state index is 13.2. The standard InChI is InChI=1S/C29H29ClN2O5/c1-31(2)15-16-32-26(20-9-12-22(13-10-20)37-18-19-7-5-4-6-8-19)25(28(34)29(32)35)27(33)21-11-14-23(30)24(17-21)36-3/h4-14,17,26,33H,15-16,18H2,1-3H3/b27-25-. The van der Waals surface area contributed by atoms with E-state index in [9.17, 15) is 14.7 Å². The minimum absolute atomic E-state index is 0.0195. The molecule has 1 aliphatic heterocycles. The first-order chi connectivity index (χ1) is 17.8. The van der Waals surface area contributed by atoms with Crippen molar-refractivity contribution >= 4 is 29.1 Å². The van der Waals surface area contributed by atoms with E-state index in [0.29, 0.717) is 47.3 Å². The second-order valence-corrected chi connectivity index (χ2v) is 9.40. The number of amides is 1. The van der Waals surface area contributed by atoms with Crippen molar-refractivity contribution in [3.63, 3.8) is 0 Å². The molecular weight excluding hydrogens is 492 g/mol. The van der Waals surface area contributed by atoms with Crippen LogP contribution in [0.25, 0.3) is 5.76 Å². The van der Waals surface area contributed by atoms with E-state index in [1.54, 1.807) is 30.3 Å². The van der Waals surface area contributed by atoms with Gasteiger partial charge in [0.2, 0.25) is 0 Å². The first-order valence-electron chi connectivity index (χ1n) is 11.8. The first-order valence-corrected chi connectivity index (χ1v) is 12.2. The lowest BCUT2D eigenvalue weighted by molar-refractivity contribution is -0.140. The number of ketones is 1. The molecule has 1 aliphatic rings. The van der Waals surface area contributed by atoms with Crippen LogP contribution in [0.15, 0.2) is 78.4 Å². The van der Waals surface area contributed by atoms with Crippen LogP contribution >= 0.6 is 11.6 Å². The van der Waals surface area contributed by atoms with Gasteiger partial charge < -0.3 is 24.4 Å². The number of Topliss-reactive ketones (excluding diaryl/α,β-unsaturated/α-hetero) is 1. The number of hydrogen-bond acceptors (Lipinski definition) is 6. The zero-order chi connectivity index (χ0) is 26.5. The van der Waals surface area contributed by atoms with Gasteiger partial charge in [-0.25, -0.2) is 0 Å². The summed E-state index contributed by atoms with van der Waals surface area (Å²) in [4.78, 5) is 29.7. The summed E-state index contributed by atoms with van der Waals surface area (Å²) in [5.74, 6) is -0.669. The molecule has 0 aliphatic carbocycles. The molecule has 8 heteroatoms. The second kappa shape index (κ2) is 11.5. The molecule has 1 N–H and O–H groups in total. The van der Waals surface area contributed by atoms with Gasteiger partial charge in [-0.15, -0.1) is 0 Å². The molecule has 0 aromatic heterocycles. The Morgan fingerprint density at radius 1 is 1.03 bits per heavy atom. The van der Waals surface area contributed by atoms with Crippen molar-refractivity contribution < 1.29 is 24.2 Å². The third-order valence-corrected chi connectivity index (χ3v) is 6.51. The number of aliphatic hydroxyl groups excluding tert-OH is 1. The molecule has 1 saturated heterocycles. The summed E-state index contributed by atoms with van der Waals surface area (Å²) in [5.41, 5.74) is 2.08. The summed E-state index contributed by atoms with van der Waals surface area (Å²) >= 11 is 6.14. The van der Waals surface area contributed by atoms with E-state index < -0.39 is 17.7 Å². The molecule has 1 heterocycles. The van der Waals surface area contributed by atoms with Crippen molar-refractivity contribution in [2.75, 3.05) is 34.3 Å². The van der Waals surface area contributed by atoms with Crippen molar-refractivity contribution in [1.82, 2.24) is 9.80 Å². The van der Waals surface area contributed by atoms with E-state index >= 15 is 0 Å². The fourth-order valence-electron chi connectivity index (χ4n) is 4.21. The normalized spacial score (nSPS) is 16.9. The monoisotopic (exact) mass is 520 g/mol. The zero-order valence-corrected chi connectivity index (χ0v) is 21.7. The molecule has 1 amide bonds. The number of aliphatic hydroxyl groups is 1. The smallest absolute Gasteiger partial charge is 0.295 e. The van der Waals surface area contributed by atoms with Crippen LogP contribution in [0.2, 0.25) is 5.02 Å². The van der Waals surface area contributed by atoms with Crippen molar-refractivity contribution in [2.45, 2.75) is 12.6 Å². The van der Waals surface area contributed by atoms with Crippen LogP contribution in [0.3, 0.4) is 0 Å². The number of likely N-dealkylation sites (N-methyl/N-ethyl adjacent to an activating group) is 1. The van der Waals surface area contributed by atoms with Crippen LogP contribution in [0.1, 0.15) is 22.7 Å². The van der Waals surface area contributed by atoms with E-state index in [1.807, 2.05) is 61.5 Å². The SMILES string of the molecule is COc1cc(/C(O)=C2/C(=O)C(=O)N(CCN(C)C)C2c2ccc(OCc3ccccc3)cc2)ccc1Cl. The van der Waals surface area contributed by atoms with Gasteiger partial charge in [0.25, 0.3) is 11.7 Å². The molecular formula is C29H29ClN2O5. The highest BCUT2D eigenvalue weighted by molar-refractivity contribution is 6.46. The van der Waals surface area contributed by atoms with Crippen molar-refractivity contribution in [2.24, 2.45) is 0 Å². The van der Waals surface area contributed by atoms with Gasteiger partial charge in [-0.05, 0) is 55.6 Å². The number of nitrogens with zero attached hydrogens (tertiary/aromatic N) is 2. The quantitative estimate of drug-likeness (QED) is 0.245. The molecule has 1 unspecified atom stereocenters. The van der Waals surface area contributed by atoms with Crippen molar-refractivity contribution in [3.05, 3.63) is 100 Å². The number of rotatable bonds is 9. The molecule has 0 radical (unpaired) electrons. The highest BCUT2D eigenvalue weighted by atomic mass is 35.5. The predicted octanol–water partition coefficient (Wildman–Crippen LogP) is 4.91. The van der Waals surface area contributed by atoms with E-state index in [-0.39, 0.29) is 11.3 Å². The lowest BCUT2D eigenvalue weighted by atomic mass is 9.95. The number of carbonyl (C=O) groups excluding carboxylic acids is 2. The molecule has 3 aromatic rings. The largest absolute Gasteiger partial charge is 0.507 e. The predicted molar refractivity (Wildman–Crippen MR) is 143 cm³/mol. The molecule has 0 saturated carbocycles. The summed E-state index contributed by atoms with van der Waals surface area (Å²) in [5, 5.41) is 11.6. The molecule has 3 aromatic carbocycles. The van der Waals surface area contributed by atoms with Crippen LogP contribution in [0, 0.1) is 0 Å². The Bertz CT molecular complexity index is 1310. The first kappa shape index (κ1) is 26.3. The van der Waals surface area contributed by atoms with E-state index in [1.165, 1.54) is 12.0 Å². The van der Waals surface area contributed by atoms with Gasteiger partial charge in [-0.3, -0.25) is 9.59 Å². The number of benzene rings is 3.